The molecule has 0 bridgehead atoms. The number of nitrogens with zero attached hydrogens (tertiary/aromatic N) is 2. The minimum atomic E-state index is -3.33. The quantitative estimate of drug-likeness (QED) is 0.400. The van der Waals surface area contributed by atoms with Crippen LogP contribution in [0.3, 0.4) is 0 Å². The summed E-state index contributed by atoms with van der Waals surface area (Å²) in [5.74, 6) is -0.221. The molecule has 1 aromatic heterocycles. The molecule has 36 heavy (non-hydrogen) atoms. The van der Waals surface area contributed by atoms with Gasteiger partial charge < -0.3 is 10.1 Å². The highest BCUT2D eigenvalue weighted by atomic mass is 79.9. The van der Waals surface area contributed by atoms with Crippen LogP contribution in [-0.4, -0.2) is 37.0 Å². The van der Waals surface area contributed by atoms with E-state index in [9.17, 15) is 13.2 Å². The highest BCUT2D eigenvalue weighted by Crippen LogP contribution is 2.29. The van der Waals surface area contributed by atoms with Crippen molar-refractivity contribution in [1.29, 1.82) is 0 Å². The smallest absolute Gasteiger partial charge is 0.252 e. The molecule has 0 saturated carbocycles. The van der Waals surface area contributed by atoms with Crippen molar-refractivity contribution in [2.45, 2.75) is 51.9 Å². The Morgan fingerprint density at radius 1 is 1.22 bits per heavy atom. The third-order valence-corrected chi connectivity index (χ3v) is 7.33. The van der Waals surface area contributed by atoms with E-state index in [2.05, 4.69) is 26.0 Å². The van der Waals surface area contributed by atoms with Crippen molar-refractivity contribution < 1.29 is 17.9 Å². The van der Waals surface area contributed by atoms with Gasteiger partial charge in [-0.3, -0.25) is 4.79 Å². The first kappa shape index (κ1) is 26.5. The monoisotopic (exact) mass is 574 g/mol. The number of hydrogen-bond donors (Lipinski definition) is 2. The maximum absolute atomic E-state index is 13.1. The lowest BCUT2D eigenvalue weighted by molar-refractivity contribution is -0.0393. The predicted octanol–water partition coefficient (Wildman–Crippen LogP) is 4.86. The number of benzene rings is 2. The molecule has 192 valence electrons. The van der Waals surface area contributed by atoms with Crippen LogP contribution in [0.15, 0.2) is 53.1 Å². The van der Waals surface area contributed by atoms with Gasteiger partial charge in [0.25, 0.3) is 5.91 Å². The zero-order chi connectivity index (χ0) is 25.9. The fraction of sp³-hybridized carbons (Fsp3) is 0.385. The van der Waals surface area contributed by atoms with Crippen LogP contribution in [0.2, 0.25) is 0 Å². The second-order valence-corrected chi connectivity index (χ2v) is 12.0. The van der Waals surface area contributed by atoms with E-state index in [1.54, 1.807) is 6.07 Å². The van der Waals surface area contributed by atoms with Crippen LogP contribution in [-0.2, 0) is 21.3 Å². The van der Waals surface area contributed by atoms with Gasteiger partial charge in [-0.15, -0.1) is 0 Å². The molecule has 2 N–H and O–H groups in total. The van der Waals surface area contributed by atoms with Gasteiger partial charge in [0, 0.05) is 34.9 Å². The lowest BCUT2D eigenvalue weighted by Gasteiger charge is -2.22. The number of ether oxygens (including phenoxy) is 1. The molecule has 1 aliphatic heterocycles. The molecule has 3 aromatic rings. The van der Waals surface area contributed by atoms with Crippen LogP contribution in [0.25, 0.3) is 11.3 Å². The van der Waals surface area contributed by atoms with Crippen molar-refractivity contribution in [2.75, 3.05) is 12.9 Å². The zero-order valence-corrected chi connectivity index (χ0v) is 23.0. The van der Waals surface area contributed by atoms with Crippen molar-refractivity contribution in [2.24, 2.45) is 0 Å². The van der Waals surface area contributed by atoms with Crippen LogP contribution in [0.4, 0.5) is 0 Å². The molecule has 10 heteroatoms. The Hall–Kier alpha value is -2.53. The lowest BCUT2D eigenvalue weighted by Crippen LogP contribution is -2.28. The van der Waals surface area contributed by atoms with E-state index in [1.807, 2.05) is 61.1 Å². The molecule has 0 spiro atoms. The predicted molar refractivity (Wildman–Crippen MR) is 143 cm³/mol. The average molecular weight is 576 g/mol. The van der Waals surface area contributed by atoms with E-state index in [1.165, 1.54) is 0 Å². The van der Waals surface area contributed by atoms with Crippen LogP contribution < -0.4 is 10.0 Å². The summed E-state index contributed by atoms with van der Waals surface area (Å²) < 4.78 is 33.9. The maximum Gasteiger partial charge on any atom is 0.252 e. The summed E-state index contributed by atoms with van der Waals surface area (Å²) in [4.78, 5) is 13.1. The van der Waals surface area contributed by atoms with Gasteiger partial charge in [-0.2, -0.15) is 5.10 Å². The highest BCUT2D eigenvalue weighted by molar-refractivity contribution is 9.10. The number of aromatic nitrogens is 2. The van der Waals surface area contributed by atoms with Crippen LogP contribution >= 0.6 is 15.9 Å². The van der Waals surface area contributed by atoms with E-state index in [0.29, 0.717) is 11.1 Å². The Bertz CT molecular complexity index is 1350. The molecule has 0 aliphatic carbocycles. The SMILES string of the molecule is Cc1ccc(CNS(C)(=O)=O)cc1C(=O)NC(C)c1cc(Br)cc(-c2ccn(C3CCCCO3)n2)c1. The number of nitrogens with one attached hydrogen (secondary N) is 2. The molecule has 1 fully saturated rings. The van der Waals surface area contributed by atoms with Crippen molar-refractivity contribution in [3.05, 3.63) is 75.4 Å². The molecule has 1 amide bonds. The van der Waals surface area contributed by atoms with Crippen LogP contribution in [0, 0.1) is 6.92 Å². The van der Waals surface area contributed by atoms with E-state index in [4.69, 9.17) is 9.84 Å². The number of carbonyl (C=O) groups is 1. The minimum Gasteiger partial charge on any atom is -0.357 e. The third-order valence-electron chi connectivity index (χ3n) is 6.21. The number of carbonyl (C=O) groups excluding carboxylic acids is 1. The first-order chi connectivity index (χ1) is 17.1. The van der Waals surface area contributed by atoms with E-state index >= 15 is 0 Å². The Balaban J connectivity index is 1.50. The third kappa shape index (κ3) is 6.82. The number of amides is 1. The molecule has 2 heterocycles. The Kier molecular flexibility index (Phi) is 8.29. The molecule has 1 aliphatic rings. The van der Waals surface area contributed by atoms with Crippen LogP contribution in [0.1, 0.15) is 65.5 Å². The fourth-order valence-electron chi connectivity index (χ4n) is 4.19. The number of aryl methyl sites for hydroxylation is 1. The van der Waals surface area contributed by atoms with Gasteiger partial charge in [0.15, 0.2) is 0 Å². The molecular weight excluding hydrogens is 544 g/mol. The largest absolute Gasteiger partial charge is 0.357 e. The first-order valence-electron chi connectivity index (χ1n) is 11.9. The molecule has 8 nitrogen and oxygen atoms in total. The van der Waals surface area contributed by atoms with Gasteiger partial charge in [-0.05, 0) is 80.1 Å². The zero-order valence-electron chi connectivity index (χ0n) is 20.6. The van der Waals surface area contributed by atoms with Gasteiger partial charge in [0.05, 0.1) is 18.0 Å². The van der Waals surface area contributed by atoms with Gasteiger partial charge in [0.1, 0.15) is 6.23 Å². The summed E-state index contributed by atoms with van der Waals surface area (Å²) in [6.07, 6.45) is 6.21. The molecule has 2 unspecified atom stereocenters. The summed E-state index contributed by atoms with van der Waals surface area (Å²) in [6.45, 7) is 4.68. The molecule has 2 atom stereocenters. The molecule has 1 saturated heterocycles. The molecule has 0 radical (unpaired) electrons. The Morgan fingerprint density at radius 2 is 2.03 bits per heavy atom. The number of halogens is 1. The Morgan fingerprint density at radius 3 is 2.75 bits per heavy atom. The van der Waals surface area contributed by atoms with E-state index in [0.717, 1.165) is 59.0 Å². The highest BCUT2D eigenvalue weighted by Gasteiger charge is 2.19. The topological polar surface area (TPSA) is 102 Å². The second kappa shape index (κ2) is 11.2. The number of rotatable bonds is 8. The number of hydrogen-bond acceptors (Lipinski definition) is 5. The van der Waals surface area contributed by atoms with Gasteiger partial charge in [0.2, 0.25) is 10.0 Å². The summed E-state index contributed by atoms with van der Waals surface area (Å²) in [7, 11) is -3.33. The summed E-state index contributed by atoms with van der Waals surface area (Å²) in [5.41, 5.74) is 4.76. The Labute approximate surface area is 220 Å². The molecule has 2 aromatic carbocycles. The van der Waals surface area contributed by atoms with Gasteiger partial charge >= 0.3 is 0 Å². The molecular formula is C26H31BrN4O4S. The van der Waals surface area contributed by atoms with Crippen molar-refractivity contribution in [1.82, 2.24) is 19.8 Å². The van der Waals surface area contributed by atoms with Crippen molar-refractivity contribution in [3.8, 4) is 11.3 Å². The van der Waals surface area contributed by atoms with Crippen LogP contribution in [0.5, 0.6) is 0 Å². The first-order valence-corrected chi connectivity index (χ1v) is 14.6. The maximum atomic E-state index is 13.1. The lowest BCUT2D eigenvalue weighted by atomic mass is 10.0. The van der Waals surface area contributed by atoms with Crippen molar-refractivity contribution >= 4 is 31.9 Å². The van der Waals surface area contributed by atoms with Gasteiger partial charge in [-0.25, -0.2) is 17.8 Å². The van der Waals surface area contributed by atoms with E-state index < -0.39 is 10.0 Å². The average Bonchev–Trinajstić information content (AvgIpc) is 3.33. The summed E-state index contributed by atoms with van der Waals surface area (Å²) in [6, 6.07) is 13.1. The second-order valence-electron chi connectivity index (χ2n) is 9.21. The minimum absolute atomic E-state index is 0.0241. The van der Waals surface area contributed by atoms with E-state index in [-0.39, 0.29) is 24.7 Å². The summed E-state index contributed by atoms with van der Waals surface area (Å²) in [5, 5.41) is 7.82. The number of sulfonamides is 1. The summed E-state index contributed by atoms with van der Waals surface area (Å²) >= 11 is 3.60. The molecule has 4 rings (SSSR count). The van der Waals surface area contributed by atoms with Gasteiger partial charge in [-0.1, -0.05) is 28.1 Å². The van der Waals surface area contributed by atoms with Crippen molar-refractivity contribution in [3.63, 3.8) is 0 Å². The fourth-order valence-corrected chi connectivity index (χ4v) is 5.13. The standard InChI is InChI=1S/C26H31BrN4O4S/c1-17-7-8-19(16-28-36(3,33)34)12-23(17)26(32)29-18(2)20-13-21(15-22(27)14-20)24-9-10-31(30-24)25-6-4-5-11-35-25/h7-10,12-15,18,25,28H,4-6,11,16H2,1-3H3,(H,29,32). The normalized spacial score (nSPS) is 17.1.